The summed E-state index contributed by atoms with van der Waals surface area (Å²) in [6.45, 7) is 6.83. The molecule has 3 aromatic carbocycles. The Morgan fingerprint density at radius 1 is 0.288 bits per heavy atom. The van der Waals surface area contributed by atoms with Crippen molar-refractivity contribution in [1.29, 1.82) is 0 Å². The predicted molar refractivity (Wildman–Crippen MR) is 314 cm³/mol. The number of hydrogen-bond donors (Lipinski definition) is 3. The van der Waals surface area contributed by atoms with E-state index in [1.54, 1.807) is 0 Å². The lowest BCUT2D eigenvalue weighted by atomic mass is 10.0. The molecule has 0 aliphatic carbocycles. The van der Waals surface area contributed by atoms with Crippen LogP contribution in [0.3, 0.4) is 0 Å². The number of hydrogen-bond acceptors (Lipinski definition) is 6. The molecule has 3 rings (SSSR count). The third-order valence-corrected chi connectivity index (χ3v) is 16.1. The molecule has 0 saturated carbocycles. The Labute approximate surface area is 451 Å². The first-order valence-electron chi connectivity index (χ1n) is 31.0. The van der Waals surface area contributed by atoms with Gasteiger partial charge >= 0.3 is 8.60 Å². The van der Waals surface area contributed by atoms with Gasteiger partial charge in [0.2, 0.25) is 0 Å². The average molecular weight is 1030 g/mol. The topological polar surface area (TPSA) is 88.4 Å². The number of unbranched alkanes of at least 4 members (excludes halogenated alkanes) is 30. The van der Waals surface area contributed by atoms with Crippen molar-refractivity contribution < 1.29 is 28.9 Å². The Hall–Kier alpha value is -2.63. The maximum Gasteiger partial charge on any atom is 0.530 e. The van der Waals surface area contributed by atoms with Crippen molar-refractivity contribution >= 4 is 8.60 Å². The Morgan fingerprint density at radius 2 is 0.493 bits per heavy atom. The molecule has 0 amide bonds. The van der Waals surface area contributed by atoms with Crippen molar-refractivity contribution in [3.63, 3.8) is 0 Å². The van der Waals surface area contributed by atoms with E-state index in [-0.39, 0.29) is 18.3 Å². The minimum atomic E-state index is -1.97. The molecule has 0 spiro atoms. The Morgan fingerprint density at radius 3 is 0.726 bits per heavy atom. The van der Waals surface area contributed by atoms with Crippen LogP contribution in [-0.2, 0) is 19.3 Å². The fourth-order valence-electron chi connectivity index (χ4n) is 10.2. The van der Waals surface area contributed by atoms with Gasteiger partial charge in [-0.1, -0.05) is 287 Å². The SMILES string of the molecule is CCCCCCCCCCCCCC(O)CCc1ccccc1OP(Oc1ccccc1CCC(O)CCCCCCCCCCCCC)Oc1ccccc1CCC(O)CCCCCCCCCCCCC. The molecule has 3 atom stereocenters. The third kappa shape index (κ3) is 33.9. The van der Waals surface area contributed by atoms with E-state index < -0.39 is 8.60 Å². The lowest BCUT2D eigenvalue weighted by molar-refractivity contribution is 0.150. The highest BCUT2D eigenvalue weighted by molar-refractivity contribution is 7.43. The molecular formula is C66H111O6P. The summed E-state index contributed by atoms with van der Waals surface area (Å²) in [6, 6.07) is 24.3. The molecular weight excluding hydrogens is 920 g/mol. The summed E-state index contributed by atoms with van der Waals surface area (Å²) in [6.07, 6.45) is 48.5. The molecule has 416 valence electrons. The quantitative estimate of drug-likeness (QED) is 0.0386. The van der Waals surface area contributed by atoms with Gasteiger partial charge in [-0.05, 0) is 92.7 Å². The number of aliphatic hydroxyl groups is 3. The van der Waals surface area contributed by atoms with Gasteiger partial charge in [0.05, 0.1) is 18.3 Å². The van der Waals surface area contributed by atoms with E-state index in [4.69, 9.17) is 13.6 Å². The van der Waals surface area contributed by atoms with E-state index in [0.717, 1.165) is 55.2 Å². The van der Waals surface area contributed by atoms with Gasteiger partial charge < -0.3 is 28.9 Å². The summed E-state index contributed by atoms with van der Waals surface area (Å²) in [4.78, 5) is 0. The standard InChI is InChI=1S/C66H111O6P/c1-4-7-10-13-16-19-22-25-28-31-34-46-61(67)55-52-58-43-37-40-49-64(58)70-73(71-65-50-41-38-44-59(65)53-56-62(68)47-35-32-29-26-23-20-17-14-11-8-5-2)72-66-51-42-39-45-60(66)54-57-63(69)48-36-33-30-27-24-21-18-15-12-9-6-3/h37-45,49-51,61-63,67-69H,4-36,46-48,52-57H2,1-3H3. The Balaban J connectivity index is 1.59. The van der Waals surface area contributed by atoms with Crippen molar-refractivity contribution in [2.75, 3.05) is 0 Å². The van der Waals surface area contributed by atoms with Crippen molar-refractivity contribution in [3.8, 4) is 17.2 Å². The van der Waals surface area contributed by atoms with Crippen molar-refractivity contribution in [2.24, 2.45) is 0 Å². The van der Waals surface area contributed by atoms with E-state index in [9.17, 15) is 15.3 Å². The predicted octanol–water partition coefficient (Wildman–Crippen LogP) is 20.4. The second-order valence-electron chi connectivity index (χ2n) is 21.9. The largest absolute Gasteiger partial charge is 0.530 e. The van der Waals surface area contributed by atoms with Gasteiger partial charge in [-0.15, -0.1) is 0 Å². The molecule has 0 aliphatic heterocycles. The maximum atomic E-state index is 11.1. The van der Waals surface area contributed by atoms with Crippen LogP contribution >= 0.6 is 8.60 Å². The summed E-state index contributed by atoms with van der Waals surface area (Å²) in [7, 11) is -1.97. The minimum absolute atomic E-state index is 0.352. The smallest absolute Gasteiger partial charge is 0.408 e. The van der Waals surface area contributed by atoms with Crippen LogP contribution in [0, 0.1) is 0 Å². The molecule has 0 bridgehead atoms. The number of aliphatic hydroxyl groups excluding tert-OH is 3. The summed E-state index contributed by atoms with van der Waals surface area (Å²) in [5.41, 5.74) is 3.08. The second-order valence-corrected chi connectivity index (χ2v) is 22.9. The Bertz CT molecular complexity index is 1490. The van der Waals surface area contributed by atoms with E-state index in [0.29, 0.717) is 55.8 Å². The first-order chi connectivity index (χ1) is 35.9. The number of rotatable bonds is 51. The van der Waals surface area contributed by atoms with Crippen LogP contribution in [0.25, 0.3) is 0 Å². The highest BCUT2D eigenvalue weighted by Crippen LogP contribution is 2.45. The van der Waals surface area contributed by atoms with Gasteiger partial charge in [0.1, 0.15) is 17.2 Å². The van der Waals surface area contributed by atoms with Crippen LogP contribution in [0.5, 0.6) is 17.2 Å². The van der Waals surface area contributed by atoms with Crippen LogP contribution in [0.1, 0.15) is 288 Å². The van der Waals surface area contributed by atoms with Crippen LogP contribution in [0.2, 0.25) is 0 Å². The zero-order valence-corrected chi connectivity index (χ0v) is 48.3. The maximum absolute atomic E-state index is 11.1. The Kier molecular flexibility index (Phi) is 40.3. The normalized spacial score (nSPS) is 13.2. The first-order valence-corrected chi connectivity index (χ1v) is 32.1. The third-order valence-electron chi connectivity index (χ3n) is 15.1. The highest BCUT2D eigenvalue weighted by atomic mass is 31.2. The lowest BCUT2D eigenvalue weighted by Crippen LogP contribution is -2.11. The van der Waals surface area contributed by atoms with Gasteiger partial charge in [-0.2, -0.15) is 0 Å². The molecule has 0 saturated heterocycles. The van der Waals surface area contributed by atoms with E-state index >= 15 is 0 Å². The van der Waals surface area contributed by atoms with Crippen LogP contribution in [-0.4, -0.2) is 33.6 Å². The molecule has 0 radical (unpaired) electrons. The van der Waals surface area contributed by atoms with Gasteiger partial charge in [0, 0.05) is 0 Å². The van der Waals surface area contributed by atoms with Crippen molar-refractivity contribution in [1.82, 2.24) is 0 Å². The molecule has 3 unspecified atom stereocenters. The molecule has 0 aromatic heterocycles. The molecule has 3 aromatic rings. The average Bonchev–Trinajstić information content (AvgIpc) is 3.40. The molecule has 73 heavy (non-hydrogen) atoms. The fourth-order valence-corrected chi connectivity index (χ4v) is 11.4. The number of benzene rings is 3. The van der Waals surface area contributed by atoms with Crippen LogP contribution < -0.4 is 13.6 Å². The summed E-state index contributed by atoms with van der Waals surface area (Å²) >= 11 is 0. The summed E-state index contributed by atoms with van der Waals surface area (Å²) in [5.74, 6) is 2.11. The zero-order valence-electron chi connectivity index (χ0n) is 47.4. The minimum Gasteiger partial charge on any atom is -0.408 e. The van der Waals surface area contributed by atoms with Crippen molar-refractivity contribution in [3.05, 3.63) is 89.5 Å². The van der Waals surface area contributed by atoms with Gasteiger partial charge in [-0.25, -0.2) is 0 Å². The van der Waals surface area contributed by atoms with Crippen LogP contribution in [0.15, 0.2) is 72.8 Å². The fraction of sp³-hybridized carbons (Fsp3) is 0.727. The molecule has 3 N–H and O–H groups in total. The second kappa shape index (κ2) is 45.6. The molecule has 0 fully saturated rings. The van der Waals surface area contributed by atoms with E-state index in [2.05, 4.69) is 39.0 Å². The molecule has 0 heterocycles. The summed E-state index contributed by atoms with van der Waals surface area (Å²) in [5, 5.41) is 33.3. The number of aryl methyl sites for hydroxylation is 3. The van der Waals surface area contributed by atoms with Gasteiger partial charge in [-0.3, -0.25) is 0 Å². The van der Waals surface area contributed by atoms with E-state index in [1.165, 1.54) is 193 Å². The lowest BCUT2D eigenvalue weighted by Gasteiger charge is -2.22. The van der Waals surface area contributed by atoms with Gasteiger partial charge in [0.25, 0.3) is 0 Å². The van der Waals surface area contributed by atoms with Crippen LogP contribution in [0.4, 0.5) is 0 Å². The summed E-state index contributed by atoms with van der Waals surface area (Å²) < 4.78 is 20.4. The monoisotopic (exact) mass is 1030 g/mol. The van der Waals surface area contributed by atoms with E-state index in [1.807, 2.05) is 54.6 Å². The highest BCUT2D eigenvalue weighted by Gasteiger charge is 2.25. The number of para-hydroxylation sites is 3. The molecule has 6 nitrogen and oxygen atoms in total. The van der Waals surface area contributed by atoms with Crippen molar-refractivity contribution in [2.45, 2.75) is 309 Å². The molecule has 0 aliphatic rings. The molecule has 7 heteroatoms. The zero-order chi connectivity index (χ0) is 52.1. The first kappa shape index (κ1) is 64.7. The van der Waals surface area contributed by atoms with Gasteiger partial charge in [0.15, 0.2) is 0 Å².